The first-order valence-electron chi connectivity index (χ1n) is 5.00. The summed E-state index contributed by atoms with van der Waals surface area (Å²) in [7, 11) is -9.49. The SMILES string of the molecule is Nc1ccc(S(=O)(=O)O)c2cc([O-])cc(S(=O)(=O)O)c12.[Na+]. The van der Waals surface area contributed by atoms with Crippen LogP contribution in [0.25, 0.3) is 10.8 Å². The number of fused-ring (bicyclic) bond motifs is 1. The van der Waals surface area contributed by atoms with E-state index in [1.54, 1.807) is 0 Å². The van der Waals surface area contributed by atoms with E-state index in [4.69, 9.17) is 14.8 Å². The molecule has 0 saturated heterocycles. The molecule has 0 bridgehead atoms. The zero-order valence-corrected chi connectivity index (χ0v) is 14.3. The summed E-state index contributed by atoms with van der Waals surface area (Å²) in [5.41, 5.74) is 5.40. The van der Waals surface area contributed by atoms with Crippen LogP contribution in [0.3, 0.4) is 0 Å². The quantitative estimate of drug-likeness (QED) is 0.296. The van der Waals surface area contributed by atoms with Gasteiger partial charge in [0.1, 0.15) is 9.79 Å². The van der Waals surface area contributed by atoms with Crippen LogP contribution in [-0.4, -0.2) is 25.9 Å². The zero-order chi connectivity index (χ0) is 15.3. The molecular weight excluding hydrogens is 333 g/mol. The maximum Gasteiger partial charge on any atom is 1.00 e. The third-order valence-corrected chi connectivity index (χ3v) is 4.39. The fourth-order valence-corrected chi connectivity index (χ4v) is 3.28. The maximum absolute atomic E-state index is 11.4. The van der Waals surface area contributed by atoms with Crippen molar-refractivity contribution in [1.82, 2.24) is 0 Å². The molecule has 0 saturated carbocycles. The first-order valence-corrected chi connectivity index (χ1v) is 7.88. The van der Waals surface area contributed by atoms with Gasteiger partial charge in [0.05, 0.1) is 0 Å². The van der Waals surface area contributed by atoms with Gasteiger partial charge in [-0.05, 0) is 18.2 Å². The summed E-state index contributed by atoms with van der Waals surface area (Å²) >= 11 is 0. The molecule has 11 heteroatoms. The van der Waals surface area contributed by atoms with E-state index in [0.29, 0.717) is 6.07 Å². The van der Waals surface area contributed by atoms with Gasteiger partial charge in [-0.2, -0.15) is 16.8 Å². The molecule has 0 aliphatic carbocycles. The van der Waals surface area contributed by atoms with Crippen molar-refractivity contribution in [2.75, 3.05) is 5.73 Å². The van der Waals surface area contributed by atoms with E-state index in [1.807, 2.05) is 0 Å². The number of anilines is 1. The Morgan fingerprint density at radius 3 is 1.95 bits per heavy atom. The van der Waals surface area contributed by atoms with Crippen molar-refractivity contribution < 1.29 is 60.6 Å². The van der Waals surface area contributed by atoms with Gasteiger partial charge < -0.3 is 10.8 Å². The van der Waals surface area contributed by atoms with Crippen LogP contribution >= 0.6 is 0 Å². The molecule has 0 atom stereocenters. The fourth-order valence-electron chi connectivity index (χ4n) is 1.85. The molecule has 0 heterocycles. The molecular formula is C10H8NNaO7S2. The van der Waals surface area contributed by atoms with Crippen LogP contribution in [0.2, 0.25) is 0 Å². The van der Waals surface area contributed by atoms with Gasteiger partial charge in [-0.3, -0.25) is 9.11 Å². The molecule has 21 heavy (non-hydrogen) atoms. The number of nitrogens with two attached hydrogens (primary N) is 1. The smallest absolute Gasteiger partial charge is 0.872 e. The molecule has 0 amide bonds. The summed E-state index contributed by atoms with van der Waals surface area (Å²) in [4.78, 5) is -1.49. The average molecular weight is 341 g/mol. The molecule has 2 rings (SSSR count). The van der Waals surface area contributed by atoms with Gasteiger partial charge in [0.2, 0.25) is 0 Å². The van der Waals surface area contributed by atoms with Crippen molar-refractivity contribution >= 4 is 36.7 Å². The van der Waals surface area contributed by atoms with E-state index in [2.05, 4.69) is 0 Å². The van der Waals surface area contributed by atoms with Gasteiger partial charge in [-0.15, -0.1) is 5.75 Å². The molecule has 2 aromatic carbocycles. The fraction of sp³-hybridized carbons (Fsp3) is 0. The van der Waals surface area contributed by atoms with Crippen LogP contribution < -0.4 is 40.4 Å². The van der Waals surface area contributed by atoms with Gasteiger partial charge in [0.25, 0.3) is 20.2 Å². The van der Waals surface area contributed by atoms with Gasteiger partial charge in [0, 0.05) is 16.5 Å². The summed E-state index contributed by atoms with van der Waals surface area (Å²) in [5, 5.41) is 10.7. The topological polar surface area (TPSA) is 158 Å². The second kappa shape index (κ2) is 5.72. The molecule has 0 aliphatic rings. The molecule has 0 unspecified atom stereocenters. The van der Waals surface area contributed by atoms with E-state index in [0.717, 1.165) is 18.2 Å². The molecule has 8 nitrogen and oxygen atoms in total. The molecule has 4 N–H and O–H groups in total. The average Bonchev–Trinajstić information content (AvgIpc) is 2.24. The predicted molar refractivity (Wildman–Crippen MR) is 67.4 cm³/mol. The normalized spacial score (nSPS) is 12.1. The third-order valence-electron chi connectivity index (χ3n) is 2.60. The van der Waals surface area contributed by atoms with Crippen molar-refractivity contribution in [2.45, 2.75) is 9.79 Å². The summed E-state index contributed by atoms with van der Waals surface area (Å²) in [6.45, 7) is 0. The van der Waals surface area contributed by atoms with Crippen LogP contribution in [0, 0.1) is 0 Å². The van der Waals surface area contributed by atoms with Crippen molar-refractivity contribution in [3.05, 3.63) is 24.3 Å². The Morgan fingerprint density at radius 1 is 0.952 bits per heavy atom. The maximum atomic E-state index is 11.4. The second-order valence-corrected chi connectivity index (χ2v) is 6.73. The standard InChI is InChI=1S/C10H9NO7S2.Na/c11-7-1-2-8(19(13,14)15)6-3-5(12)4-9(10(6)7)20(16,17)18;/h1-4,12H,11H2,(H,13,14,15)(H,16,17,18);/q;+1/p-1. The van der Waals surface area contributed by atoms with Crippen molar-refractivity contribution in [3.8, 4) is 5.75 Å². The van der Waals surface area contributed by atoms with Crippen LogP contribution in [0.1, 0.15) is 0 Å². The Morgan fingerprint density at radius 2 is 1.48 bits per heavy atom. The Balaban J connectivity index is 0.00000220. The molecule has 0 aromatic heterocycles. The Kier molecular flexibility index (Phi) is 4.95. The van der Waals surface area contributed by atoms with E-state index < -0.39 is 35.8 Å². The monoisotopic (exact) mass is 341 g/mol. The van der Waals surface area contributed by atoms with Gasteiger partial charge >= 0.3 is 29.6 Å². The first-order chi connectivity index (χ1) is 9.01. The van der Waals surface area contributed by atoms with Crippen molar-refractivity contribution in [1.29, 1.82) is 0 Å². The van der Waals surface area contributed by atoms with Gasteiger partial charge in [0.15, 0.2) is 0 Å². The van der Waals surface area contributed by atoms with E-state index >= 15 is 0 Å². The number of hydrogen-bond donors (Lipinski definition) is 3. The zero-order valence-electron chi connectivity index (χ0n) is 10.6. The van der Waals surface area contributed by atoms with E-state index in [1.165, 1.54) is 0 Å². The van der Waals surface area contributed by atoms with Crippen LogP contribution in [0.4, 0.5) is 5.69 Å². The Bertz CT molecular complexity index is 922. The summed E-state index contributed by atoms with van der Waals surface area (Å²) < 4.78 is 63.2. The number of hydrogen-bond acceptors (Lipinski definition) is 6. The Labute approximate surface area is 142 Å². The van der Waals surface area contributed by atoms with Crippen LogP contribution in [0.5, 0.6) is 5.75 Å². The number of nitrogen functional groups attached to an aromatic ring is 1. The molecule has 0 radical (unpaired) electrons. The number of rotatable bonds is 2. The van der Waals surface area contributed by atoms with Gasteiger partial charge in [-0.25, -0.2) is 0 Å². The molecule has 0 fully saturated rings. The Hall–Kier alpha value is -0.880. The van der Waals surface area contributed by atoms with Crippen molar-refractivity contribution in [3.63, 3.8) is 0 Å². The van der Waals surface area contributed by atoms with Crippen LogP contribution in [-0.2, 0) is 20.2 Å². The van der Waals surface area contributed by atoms with Crippen molar-refractivity contribution in [2.24, 2.45) is 0 Å². The van der Waals surface area contributed by atoms with Crippen LogP contribution in [0.15, 0.2) is 34.1 Å². The minimum Gasteiger partial charge on any atom is -0.872 e. The molecule has 2 aromatic rings. The molecule has 0 spiro atoms. The van der Waals surface area contributed by atoms with E-state index in [-0.39, 0.29) is 46.0 Å². The second-order valence-electron chi connectivity index (χ2n) is 3.95. The third kappa shape index (κ3) is 3.48. The minimum absolute atomic E-state index is 0. The predicted octanol–water partition coefficient (Wildman–Crippen LogP) is -3.01. The molecule has 0 aliphatic heterocycles. The first kappa shape index (κ1) is 18.2. The van der Waals surface area contributed by atoms with Gasteiger partial charge in [-0.1, -0.05) is 6.07 Å². The molecule has 108 valence electrons. The van der Waals surface area contributed by atoms with E-state index in [9.17, 15) is 21.9 Å². The summed E-state index contributed by atoms with van der Waals surface area (Å²) in [5.74, 6) is -0.861. The largest absolute Gasteiger partial charge is 1.00 e. The minimum atomic E-state index is -4.79. The summed E-state index contributed by atoms with van der Waals surface area (Å²) in [6, 6.07) is 3.40. The summed E-state index contributed by atoms with van der Waals surface area (Å²) in [6.07, 6.45) is 0. The number of benzene rings is 2.